The second-order valence-corrected chi connectivity index (χ2v) is 5.91. The van der Waals surface area contributed by atoms with Gasteiger partial charge >= 0.3 is 0 Å². The second kappa shape index (κ2) is 6.43. The number of rotatable bonds is 3. The quantitative estimate of drug-likeness (QED) is 0.931. The van der Waals surface area contributed by atoms with Gasteiger partial charge in [0.25, 0.3) is 0 Å². The predicted molar refractivity (Wildman–Crippen MR) is 78.2 cm³/mol. The lowest BCUT2D eigenvalue weighted by atomic mass is 10.0. The largest absolute Gasteiger partial charge is 0.344 e. The number of nitrogens with one attached hydrogen (secondary N) is 1. The molecular weight excluding hydrogens is 295 g/mol. The van der Waals surface area contributed by atoms with Crippen molar-refractivity contribution in [1.82, 2.24) is 10.2 Å². The van der Waals surface area contributed by atoms with E-state index in [4.69, 9.17) is 11.6 Å². The van der Waals surface area contributed by atoms with E-state index in [0.29, 0.717) is 0 Å². The van der Waals surface area contributed by atoms with Gasteiger partial charge in [0.2, 0.25) is 11.8 Å². The highest BCUT2D eigenvalue weighted by Gasteiger charge is 2.32. The molecule has 21 heavy (non-hydrogen) atoms. The Kier molecular flexibility index (Phi) is 4.83. The lowest BCUT2D eigenvalue weighted by Crippen LogP contribution is -2.47. The Hall–Kier alpha value is -1.62. The SMILES string of the molecule is CC(C)C1NC(=O)CCN(Cc2c(F)cccc2Cl)C1=O. The molecule has 0 bridgehead atoms. The van der Waals surface area contributed by atoms with Crippen LogP contribution >= 0.6 is 11.6 Å². The van der Waals surface area contributed by atoms with Crippen LogP contribution in [0.5, 0.6) is 0 Å². The number of hydrogen-bond acceptors (Lipinski definition) is 2. The van der Waals surface area contributed by atoms with Gasteiger partial charge in [-0.05, 0) is 18.1 Å². The molecule has 1 fully saturated rings. The minimum absolute atomic E-state index is 0.0295. The van der Waals surface area contributed by atoms with E-state index in [0.717, 1.165) is 0 Å². The van der Waals surface area contributed by atoms with Crippen LogP contribution in [0.1, 0.15) is 25.8 Å². The van der Waals surface area contributed by atoms with Crippen LogP contribution in [-0.4, -0.2) is 29.3 Å². The lowest BCUT2D eigenvalue weighted by Gasteiger charge is -2.26. The first-order valence-electron chi connectivity index (χ1n) is 6.91. The van der Waals surface area contributed by atoms with Crippen LogP contribution in [0.2, 0.25) is 5.02 Å². The monoisotopic (exact) mass is 312 g/mol. The Morgan fingerprint density at radius 1 is 1.43 bits per heavy atom. The molecule has 1 N–H and O–H groups in total. The molecule has 1 aromatic carbocycles. The lowest BCUT2D eigenvalue weighted by molar-refractivity contribution is -0.135. The Balaban J connectivity index is 2.25. The first-order valence-corrected chi connectivity index (χ1v) is 7.29. The first kappa shape index (κ1) is 15.8. The molecule has 114 valence electrons. The van der Waals surface area contributed by atoms with Gasteiger partial charge < -0.3 is 10.2 Å². The zero-order valence-electron chi connectivity index (χ0n) is 12.0. The van der Waals surface area contributed by atoms with E-state index in [1.165, 1.54) is 17.0 Å². The fourth-order valence-corrected chi connectivity index (χ4v) is 2.56. The summed E-state index contributed by atoms with van der Waals surface area (Å²) in [4.78, 5) is 25.7. The summed E-state index contributed by atoms with van der Waals surface area (Å²) in [5.74, 6) is -0.836. The number of benzene rings is 1. The number of carbonyl (C=O) groups excluding carboxylic acids is 2. The van der Waals surface area contributed by atoms with Crippen molar-refractivity contribution in [2.45, 2.75) is 32.9 Å². The van der Waals surface area contributed by atoms with Gasteiger partial charge in [-0.1, -0.05) is 31.5 Å². The third-order valence-electron chi connectivity index (χ3n) is 3.58. The Bertz CT molecular complexity index is 542. The summed E-state index contributed by atoms with van der Waals surface area (Å²) in [5.41, 5.74) is 0.282. The first-order chi connectivity index (χ1) is 9.90. The van der Waals surface area contributed by atoms with Crippen LogP contribution in [0.15, 0.2) is 18.2 Å². The molecule has 1 unspecified atom stereocenters. The Labute approximate surface area is 128 Å². The highest BCUT2D eigenvalue weighted by Crippen LogP contribution is 2.22. The van der Waals surface area contributed by atoms with Crippen LogP contribution in [0.4, 0.5) is 4.39 Å². The third-order valence-corrected chi connectivity index (χ3v) is 3.93. The van der Waals surface area contributed by atoms with E-state index in [1.54, 1.807) is 6.07 Å². The highest BCUT2D eigenvalue weighted by molar-refractivity contribution is 6.31. The van der Waals surface area contributed by atoms with Gasteiger partial charge in [-0.3, -0.25) is 9.59 Å². The van der Waals surface area contributed by atoms with Crippen LogP contribution in [0, 0.1) is 11.7 Å². The van der Waals surface area contributed by atoms with Gasteiger partial charge in [-0.25, -0.2) is 4.39 Å². The molecule has 1 aliphatic heterocycles. The van der Waals surface area contributed by atoms with Gasteiger partial charge in [0.05, 0.1) is 6.54 Å². The minimum atomic E-state index is -0.578. The van der Waals surface area contributed by atoms with Gasteiger partial charge in [0, 0.05) is 23.6 Å². The van der Waals surface area contributed by atoms with Crippen molar-refractivity contribution in [2.24, 2.45) is 5.92 Å². The molecule has 0 aliphatic carbocycles. The number of carbonyl (C=O) groups is 2. The molecule has 2 amide bonds. The molecular formula is C15H18ClFN2O2. The van der Waals surface area contributed by atoms with Crippen molar-refractivity contribution >= 4 is 23.4 Å². The van der Waals surface area contributed by atoms with E-state index >= 15 is 0 Å². The summed E-state index contributed by atoms with van der Waals surface area (Å²) in [6.07, 6.45) is 0.209. The number of hydrogen-bond donors (Lipinski definition) is 1. The molecule has 0 spiro atoms. The van der Waals surface area contributed by atoms with Crippen molar-refractivity contribution in [2.75, 3.05) is 6.54 Å². The normalized spacial score (nSPS) is 19.7. The van der Waals surface area contributed by atoms with E-state index in [2.05, 4.69) is 5.32 Å². The average Bonchev–Trinajstić information content (AvgIpc) is 2.55. The molecule has 0 saturated carbocycles. The zero-order chi connectivity index (χ0) is 15.6. The van der Waals surface area contributed by atoms with E-state index in [1.807, 2.05) is 13.8 Å². The number of nitrogens with zero attached hydrogens (tertiary/aromatic N) is 1. The molecule has 4 nitrogen and oxygen atoms in total. The van der Waals surface area contributed by atoms with Crippen LogP contribution < -0.4 is 5.32 Å². The third kappa shape index (κ3) is 3.53. The van der Waals surface area contributed by atoms with Crippen molar-refractivity contribution in [1.29, 1.82) is 0 Å². The van der Waals surface area contributed by atoms with Gasteiger partial charge in [0.15, 0.2) is 0 Å². The van der Waals surface area contributed by atoms with E-state index in [-0.39, 0.29) is 47.8 Å². The smallest absolute Gasteiger partial charge is 0.245 e. The molecule has 0 radical (unpaired) electrons. The summed E-state index contributed by atoms with van der Waals surface area (Å²) in [7, 11) is 0. The van der Waals surface area contributed by atoms with Crippen molar-refractivity contribution in [3.05, 3.63) is 34.6 Å². The molecule has 6 heteroatoms. The summed E-state index contributed by atoms with van der Waals surface area (Å²) < 4.78 is 13.9. The maximum absolute atomic E-state index is 13.9. The molecule has 0 aromatic heterocycles. The molecule has 1 aliphatic rings. The van der Waals surface area contributed by atoms with Crippen LogP contribution in [0.25, 0.3) is 0 Å². The molecule has 1 atom stereocenters. The van der Waals surface area contributed by atoms with E-state index < -0.39 is 11.9 Å². The molecule has 1 saturated heterocycles. The predicted octanol–water partition coefficient (Wildman–Crippen LogP) is 2.35. The maximum Gasteiger partial charge on any atom is 0.245 e. The fraction of sp³-hybridized carbons (Fsp3) is 0.467. The summed E-state index contributed by atoms with van der Waals surface area (Å²) in [6, 6.07) is 3.84. The second-order valence-electron chi connectivity index (χ2n) is 5.50. The van der Waals surface area contributed by atoms with Crippen LogP contribution in [-0.2, 0) is 16.1 Å². The fourth-order valence-electron chi connectivity index (χ4n) is 2.33. The highest BCUT2D eigenvalue weighted by atomic mass is 35.5. The standard InChI is InChI=1S/C15H18ClFN2O2/c1-9(2)14-15(21)19(7-6-13(20)18-14)8-10-11(16)4-3-5-12(10)17/h3-5,9,14H,6-8H2,1-2H3,(H,18,20). The van der Waals surface area contributed by atoms with E-state index in [9.17, 15) is 14.0 Å². The summed E-state index contributed by atoms with van der Waals surface area (Å²) in [5, 5.41) is 3.00. The molecule has 1 heterocycles. The maximum atomic E-state index is 13.9. The van der Waals surface area contributed by atoms with Gasteiger partial charge in [-0.15, -0.1) is 0 Å². The summed E-state index contributed by atoms with van der Waals surface area (Å²) in [6.45, 7) is 4.06. The topological polar surface area (TPSA) is 49.4 Å². The summed E-state index contributed by atoms with van der Waals surface area (Å²) >= 11 is 6.00. The Morgan fingerprint density at radius 2 is 2.14 bits per heavy atom. The van der Waals surface area contributed by atoms with Crippen molar-refractivity contribution < 1.29 is 14.0 Å². The Morgan fingerprint density at radius 3 is 2.76 bits per heavy atom. The van der Waals surface area contributed by atoms with Crippen molar-refractivity contribution in [3.63, 3.8) is 0 Å². The molecule has 2 rings (SSSR count). The zero-order valence-corrected chi connectivity index (χ0v) is 12.8. The van der Waals surface area contributed by atoms with Crippen molar-refractivity contribution in [3.8, 4) is 0 Å². The number of halogens is 2. The van der Waals surface area contributed by atoms with Gasteiger partial charge in [-0.2, -0.15) is 0 Å². The number of amides is 2. The molecule has 1 aromatic rings. The van der Waals surface area contributed by atoms with Crippen LogP contribution in [0.3, 0.4) is 0 Å². The van der Waals surface area contributed by atoms with Gasteiger partial charge in [0.1, 0.15) is 11.9 Å². The minimum Gasteiger partial charge on any atom is -0.344 e. The average molecular weight is 313 g/mol.